The number of amides is 3. The van der Waals surface area contributed by atoms with Gasteiger partial charge in [-0.1, -0.05) is 12.1 Å². The Morgan fingerprint density at radius 1 is 1.04 bits per heavy atom. The van der Waals surface area contributed by atoms with E-state index in [0.717, 1.165) is 9.78 Å². The lowest BCUT2D eigenvalue weighted by Crippen LogP contribution is -2.34. The normalized spacial score (nSPS) is 13.1. The molecule has 0 saturated carbocycles. The minimum Gasteiger partial charge on any atom is -0.356 e. The van der Waals surface area contributed by atoms with Gasteiger partial charge in [0, 0.05) is 18.3 Å². The summed E-state index contributed by atoms with van der Waals surface area (Å²) in [7, 11) is 0. The molecule has 1 N–H and O–H groups in total. The fourth-order valence-electron chi connectivity index (χ4n) is 2.63. The lowest BCUT2D eigenvalue weighted by atomic mass is 10.1. The van der Waals surface area contributed by atoms with Crippen molar-refractivity contribution in [2.45, 2.75) is 13.3 Å². The second kappa shape index (κ2) is 6.98. The molecule has 0 radical (unpaired) electrons. The number of carbonyl (C=O) groups excluding carboxylic acids is 4. The van der Waals surface area contributed by atoms with Crippen molar-refractivity contribution in [3.63, 3.8) is 0 Å². The Hall–Kier alpha value is -2.80. The van der Waals surface area contributed by atoms with Crippen molar-refractivity contribution in [1.29, 1.82) is 0 Å². The highest BCUT2D eigenvalue weighted by Crippen LogP contribution is 2.24. The molecule has 0 saturated heterocycles. The third-order valence-electron chi connectivity index (χ3n) is 3.86. The summed E-state index contributed by atoms with van der Waals surface area (Å²) in [5.74, 6) is -1.24. The number of carbonyl (C=O) groups is 4. The Morgan fingerprint density at radius 3 is 2.28 bits per heavy atom. The molecule has 1 aliphatic heterocycles. The molecule has 6 nitrogen and oxygen atoms in total. The highest BCUT2D eigenvalue weighted by Gasteiger charge is 2.36. The Bertz CT molecular complexity index is 836. The van der Waals surface area contributed by atoms with E-state index in [-0.39, 0.29) is 18.2 Å². The number of hydrogen-bond donors (Lipinski definition) is 1. The first kappa shape index (κ1) is 17.0. The Kier molecular flexibility index (Phi) is 4.76. The van der Waals surface area contributed by atoms with Crippen LogP contribution in [0, 0.1) is 0 Å². The van der Waals surface area contributed by atoms with Gasteiger partial charge in [0.1, 0.15) is 0 Å². The maximum absolute atomic E-state index is 12.4. The molecular formula is C18H16N2O4S. The molecule has 1 aromatic heterocycles. The van der Waals surface area contributed by atoms with Gasteiger partial charge in [-0.25, -0.2) is 0 Å². The van der Waals surface area contributed by atoms with Crippen LogP contribution >= 0.6 is 11.3 Å². The van der Waals surface area contributed by atoms with E-state index >= 15 is 0 Å². The number of benzene rings is 1. The average molecular weight is 356 g/mol. The molecular weight excluding hydrogens is 340 g/mol. The predicted octanol–water partition coefficient (Wildman–Crippen LogP) is 1.91. The van der Waals surface area contributed by atoms with E-state index in [0.29, 0.717) is 29.0 Å². The third-order valence-corrected chi connectivity index (χ3v) is 5.05. The van der Waals surface area contributed by atoms with Crippen molar-refractivity contribution in [3.05, 3.63) is 57.3 Å². The van der Waals surface area contributed by atoms with Gasteiger partial charge in [0.25, 0.3) is 11.8 Å². The number of thiophene rings is 1. The molecule has 2 heterocycles. The lowest BCUT2D eigenvalue weighted by molar-refractivity contribution is -0.118. The Balaban J connectivity index is 1.65. The van der Waals surface area contributed by atoms with E-state index in [9.17, 15) is 19.2 Å². The summed E-state index contributed by atoms with van der Waals surface area (Å²) in [6, 6.07) is 10.1. The second-order valence-electron chi connectivity index (χ2n) is 5.66. The minimum absolute atomic E-state index is 0.0986. The van der Waals surface area contributed by atoms with Crippen molar-refractivity contribution in [2.24, 2.45) is 0 Å². The molecule has 1 aliphatic rings. The summed E-state index contributed by atoms with van der Waals surface area (Å²) in [6.07, 6.45) is 0.630. The fraction of sp³-hybridized carbons (Fsp3) is 0.222. The SMILES string of the molecule is CC(=O)NCCc1ccc(C(=O)CN2C(=O)c3ccccc3C2=O)s1. The number of hydrogen-bond acceptors (Lipinski definition) is 5. The van der Waals surface area contributed by atoms with Gasteiger partial charge in [0.15, 0.2) is 5.78 Å². The fourth-order valence-corrected chi connectivity index (χ4v) is 3.57. The van der Waals surface area contributed by atoms with Crippen molar-refractivity contribution in [2.75, 3.05) is 13.1 Å². The first-order valence-corrected chi connectivity index (χ1v) is 8.60. The number of nitrogens with one attached hydrogen (secondary N) is 1. The van der Waals surface area contributed by atoms with Crippen LogP contribution < -0.4 is 5.32 Å². The number of imide groups is 1. The van der Waals surface area contributed by atoms with E-state index in [1.54, 1.807) is 30.3 Å². The topological polar surface area (TPSA) is 83.6 Å². The molecule has 128 valence electrons. The molecule has 0 spiro atoms. The zero-order valence-corrected chi connectivity index (χ0v) is 14.4. The summed E-state index contributed by atoms with van der Waals surface area (Å²) in [4.78, 5) is 50.3. The molecule has 1 aromatic carbocycles. The van der Waals surface area contributed by atoms with E-state index < -0.39 is 11.8 Å². The zero-order valence-electron chi connectivity index (χ0n) is 13.6. The Labute approximate surface area is 148 Å². The first-order chi connectivity index (χ1) is 12.0. The summed E-state index contributed by atoms with van der Waals surface area (Å²) >= 11 is 1.31. The van der Waals surface area contributed by atoms with Gasteiger partial charge in [0.2, 0.25) is 5.91 Å². The van der Waals surface area contributed by atoms with Crippen molar-refractivity contribution >= 4 is 34.8 Å². The van der Waals surface area contributed by atoms with Crippen LogP contribution in [0.2, 0.25) is 0 Å². The molecule has 0 bridgehead atoms. The molecule has 3 rings (SSSR count). The number of ketones is 1. The van der Waals surface area contributed by atoms with Crippen molar-refractivity contribution in [3.8, 4) is 0 Å². The van der Waals surface area contributed by atoms with Gasteiger partial charge in [-0.2, -0.15) is 0 Å². The highest BCUT2D eigenvalue weighted by molar-refractivity contribution is 7.14. The van der Waals surface area contributed by atoms with Gasteiger partial charge in [-0.3, -0.25) is 24.1 Å². The van der Waals surface area contributed by atoms with E-state index in [1.165, 1.54) is 18.3 Å². The van der Waals surface area contributed by atoms with Gasteiger partial charge < -0.3 is 5.32 Å². The summed E-state index contributed by atoms with van der Waals surface area (Å²) in [6.45, 7) is 1.69. The van der Waals surface area contributed by atoms with Crippen LogP contribution in [-0.2, 0) is 11.2 Å². The first-order valence-electron chi connectivity index (χ1n) is 7.79. The molecule has 0 fully saturated rings. The molecule has 0 unspecified atom stereocenters. The van der Waals surface area contributed by atoms with Crippen LogP contribution in [-0.4, -0.2) is 41.5 Å². The maximum Gasteiger partial charge on any atom is 0.261 e. The van der Waals surface area contributed by atoms with Crippen LogP contribution in [0.4, 0.5) is 0 Å². The average Bonchev–Trinajstić information content (AvgIpc) is 3.14. The Morgan fingerprint density at radius 2 is 1.68 bits per heavy atom. The molecule has 3 amide bonds. The van der Waals surface area contributed by atoms with Crippen LogP contribution in [0.15, 0.2) is 36.4 Å². The summed E-state index contributed by atoms with van der Waals surface area (Å²) in [5.41, 5.74) is 0.671. The zero-order chi connectivity index (χ0) is 18.0. The molecule has 0 atom stereocenters. The largest absolute Gasteiger partial charge is 0.356 e. The molecule has 7 heteroatoms. The number of rotatable bonds is 6. The predicted molar refractivity (Wildman–Crippen MR) is 92.8 cm³/mol. The number of nitrogens with zero attached hydrogens (tertiary/aromatic N) is 1. The summed E-state index contributed by atoms with van der Waals surface area (Å²) < 4.78 is 0. The monoisotopic (exact) mass is 356 g/mol. The van der Waals surface area contributed by atoms with Gasteiger partial charge >= 0.3 is 0 Å². The van der Waals surface area contributed by atoms with E-state index in [4.69, 9.17) is 0 Å². The quantitative estimate of drug-likeness (QED) is 0.633. The van der Waals surface area contributed by atoms with Crippen LogP contribution in [0.3, 0.4) is 0 Å². The minimum atomic E-state index is -0.434. The van der Waals surface area contributed by atoms with E-state index in [1.807, 2.05) is 6.07 Å². The smallest absolute Gasteiger partial charge is 0.261 e. The maximum atomic E-state index is 12.4. The van der Waals surface area contributed by atoms with Crippen LogP contribution in [0.25, 0.3) is 0 Å². The summed E-state index contributed by atoms with van der Waals surface area (Å²) in [5, 5.41) is 2.70. The van der Waals surface area contributed by atoms with Crippen molar-refractivity contribution < 1.29 is 19.2 Å². The van der Waals surface area contributed by atoms with Gasteiger partial charge in [0.05, 0.1) is 22.5 Å². The number of fused-ring (bicyclic) bond motifs is 1. The molecule has 25 heavy (non-hydrogen) atoms. The third kappa shape index (κ3) is 3.51. The number of Topliss-reactive ketones (excluding diaryl/α,β-unsaturated/α-hetero) is 1. The van der Waals surface area contributed by atoms with E-state index in [2.05, 4.69) is 5.32 Å². The molecule has 2 aromatic rings. The van der Waals surface area contributed by atoms with Gasteiger partial charge in [-0.15, -0.1) is 11.3 Å². The highest BCUT2D eigenvalue weighted by atomic mass is 32.1. The second-order valence-corrected chi connectivity index (χ2v) is 6.83. The van der Waals surface area contributed by atoms with Gasteiger partial charge in [-0.05, 0) is 30.7 Å². The molecule has 0 aliphatic carbocycles. The standard InChI is InChI=1S/C18H16N2O4S/c1-11(21)19-9-8-12-6-7-16(25-12)15(22)10-20-17(23)13-4-2-3-5-14(13)18(20)24/h2-7H,8-10H2,1H3,(H,19,21). The lowest BCUT2D eigenvalue weighted by Gasteiger charge is -2.11. The van der Waals surface area contributed by atoms with Crippen LogP contribution in [0.1, 0.15) is 42.2 Å². The van der Waals surface area contributed by atoms with Crippen molar-refractivity contribution in [1.82, 2.24) is 10.2 Å². The van der Waals surface area contributed by atoms with Crippen LogP contribution in [0.5, 0.6) is 0 Å².